The van der Waals surface area contributed by atoms with E-state index in [1.165, 1.54) is 25.7 Å². The standard InChI is InChI=1S/C33H40ClN3O3/c1-21(2)40-30-18-28-25(16-29(30)39-5)17-32(38)37(33(28)24-10-12-26(34)13-11-24)31-15-14-27(19-35-31)36(4)20-23-8-6-22(3)7-9-23/h10-16,18-19,21-23,33H,6-9,17,20H2,1-5H3. The minimum absolute atomic E-state index is 0.0167. The second kappa shape index (κ2) is 12.1. The van der Waals surface area contributed by atoms with Crippen molar-refractivity contribution < 1.29 is 14.3 Å². The minimum Gasteiger partial charge on any atom is -0.493 e. The van der Waals surface area contributed by atoms with Crippen molar-refractivity contribution in [3.63, 3.8) is 0 Å². The zero-order chi connectivity index (χ0) is 28.4. The van der Waals surface area contributed by atoms with Crippen molar-refractivity contribution >= 4 is 29.0 Å². The van der Waals surface area contributed by atoms with Crippen LogP contribution in [0.4, 0.5) is 11.5 Å². The number of hydrogen-bond donors (Lipinski definition) is 0. The van der Waals surface area contributed by atoms with Crippen LogP contribution >= 0.6 is 11.6 Å². The van der Waals surface area contributed by atoms with Gasteiger partial charge in [0.2, 0.25) is 5.91 Å². The number of nitrogens with zero attached hydrogens (tertiary/aromatic N) is 3. The predicted octanol–water partition coefficient (Wildman–Crippen LogP) is 7.47. The number of benzene rings is 2. The molecule has 1 atom stereocenters. The number of fused-ring (bicyclic) bond motifs is 1. The van der Waals surface area contributed by atoms with Crippen molar-refractivity contribution in [2.45, 2.75) is 65.0 Å². The van der Waals surface area contributed by atoms with Crippen LogP contribution in [0.2, 0.25) is 5.02 Å². The van der Waals surface area contributed by atoms with Gasteiger partial charge in [-0.15, -0.1) is 0 Å². The SMILES string of the molecule is COc1cc2c(cc1OC(C)C)C(c1ccc(Cl)cc1)N(c1ccc(N(C)CC3CCC(C)CC3)cn1)C(=O)C2. The van der Waals surface area contributed by atoms with E-state index in [4.69, 9.17) is 26.1 Å². The first kappa shape index (κ1) is 28.3. The third kappa shape index (κ3) is 6.07. The summed E-state index contributed by atoms with van der Waals surface area (Å²) in [6.45, 7) is 7.36. The average Bonchev–Trinajstić information content (AvgIpc) is 2.94. The van der Waals surface area contributed by atoms with E-state index in [1.807, 2.05) is 67.4 Å². The Morgan fingerprint density at radius 3 is 2.40 bits per heavy atom. The quantitative estimate of drug-likeness (QED) is 0.285. The van der Waals surface area contributed by atoms with Crippen LogP contribution in [0.1, 0.15) is 69.2 Å². The molecule has 1 aromatic heterocycles. The molecule has 5 rings (SSSR count). The molecule has 2 heterocycles. The molecule has 1 amide bonds. The largest absolute Gasteiger partial charge is 0.493 e. The van der Waals surface area contributed by atoms with Crippen molar-refractivity contribution in [3.05, 3.63) is 76.4 Å². The second-order valence-electron chi connectivity index (χ2n) is 11.6. The highest BCUT2D eigenvalue weighted by Gasteiger charge is 2.37. The van der Waals surface area contributed by atoms with Crippen LogP contribution in [0, 0.1) is 11.8 Å². The van der Waals surface area contributed by atoms with Gasteiger partial charge in [-0.3, -0.25) is 9.69 Å². The lowest BCUT2D eigenvalue weighted by molar-refractivity contribution is -0.118. The third-order valence-corrected chi connectivity index (χ3v) is 8.48. The van der Waals surface area contributed by atoms with Gasteiger partial charge >= 0.3 is 0 Å². The highest BCUT2D eigenvalue weighted by Crippen LogP contribution is 2.43. The number of halogens is 1. The van der Waals surface area contributed by atoms with Crippen LogP contribution in [0.3, 0.4) is 0 Å². The summed E-state index contributed by atoms with van der Waals surface area (Å²) in [6.07, 6.45) is 7.33. The Morgan fingerprint density at radius 1 is 1.05 bits per heavy atom. The van der Waals surface area contributed by atoms with Crippen molar-refractivity contribution in [2.24, 2.45) is 11.8 Å². The molecular weight excluding hydrogens is 522 g/mol. The minimum atomic E-state index is -0.380. The van der Waals surface area contributed by atoms with Crippen molar-refractivity contribution in [3.8, 4) is 11.5 Å². The van der Waals surface area contributed by atoms with Gasteiger partial charge in [0.25, 0.3) is 0 Å². The highest BCUT2D eigenvalue weighted by atomic mass is 35.5. The summed E-state index contributed by atoms with van der Waals surface area (Å²) in [6, 6.07) is 15.3. The number of aromatic nitrogens is 1. The van der Waals surface area contributed by atoms with E-state index in [9.17, 15) is 4.79 Å². The summed E-state index contributed by atoms with van der Waals surface area (Å²) in [5.41, 5.74) is 3.93. The molecule has 0 radical (unpaired) electrons. The molecule has 2 aromatic carbocycles. The number of ether oxygens (including phenoxy) is 2. The van der Waals surface area contributed by atoms with Crippen LogP contribution in [0.5, 0.6) is 11.5 Å². The Morgan fingerprint density at radius 2 is 1.77 bits per heavy atom. The van der Waals surface area contributed by atoms with Crippen molar-refractivity contribution in [1.82, 2.24) is 4.98 Å². The summed E-state index contributed by atoms with van der Waals surface area (Å²) in [5.74, 6) is 3.46. The summed E-state index contributed by atoms with van der Waals surface area (Å²) >= 11 is 6.24. The molecule has 0 spiro atoms. The number of amides is 1. The van der Waals surface area contributed by atoms with Crippen LogP contribution < -0.4 is 19.3 Å². The summed E-state index contributed by atoms with van der Waals surface area (Å²) < 4.78 is 11.7. The van der Waals surface area contributed by atoms with Crippen LogP contribution in [-0.2, 0) is 11.2 Å². The van der Waals surface area contributed by atoms with E-state index in [0.29, 0.717) is 22.3 Å². The number of carbonyl (C=O) groups excluding carboxylic acids is 1. The number of rotatable bonds is 8. The Balaban J connectivity index is 1.49. The third-order valence-electron chi connectivity index (χ3n) is 8.22. The summed E-state index contributed by atoms with van der Waals surface area (Å²) in [5, 5.41) is 0.647. The van der Waals surface area contributed by atoms with E-state index in [-0.39, 0.29) is 24.5 Å². The molecule has 40 heavy (non-hydrogen) atoms. The van der Waals surface area contributed by atoms with Gasteiger partial charge < -0.3 is 14.4 Å². The molecular formula is C33H40ClN3O3. The van der Waals surface area contributed by atoms with Gasteiger partial charge in [-0.05, 0) is 91.6 Å². The molecule has 0 saturated heterocycles. The molecule has 2 aliphatic rings. The lowest BCUT2D eigenvalue weighted by atomic mass is 9.83. The van der Waals surface area contributed by atoms with Gasteiger partial charge in [0, 0.05) is 18.6 Å². The summed E-state index contributed by atoms with van der Waals surface area (Å²) in [4.78, 5) is 22.7. The highest BCUT2D eigenvalue weighted by molar-refractivity contribution is 6.30. The molecule has 0 N–H and O–H groups in total. The Labute approximate surface area is 243 Å². The van der Waals surface area contributed by atoms with Gasteiger partial charge in [-0.1, -0.05) is 43.5 Å². The van der Waals surface area contributed by atoms with Crippen LogP contribution in [-0.4, -0.2) is 37.7 Å². The fraction of sp³-hybridized carbons (Fsp3) is 0.455. The Kier molecular flexibility index (Phi) is 8.55. The Bertz CT molecular complexity index is 1320. The first-order valence-electron chi connectivity index (χ1n) is 14.4. The fourth-order valence-electron chi connectivity index (χ4n) is 6.05. The van der Waals surface area contributed by atoms with E-state index in [0.717, 1.165) is 40.8 Å². The maximum atomic E-state index is 13.8. The topological polar surface area (TPSA) is 54.9 Å². The summed E-state index contributed by atoms with van der Waals surface area (Å²) in [7, 11) is 3.76. The normalized spacial score (nSPS) is 20.8. The molecule has 7 heteroatoms. The first-order chi connectivity index (χ1) is 19.2. The zero-order valence-corrected chi connectivity index (χ0v) is 24.9. The van der Waals surface area contributed by atoms with E-state index in [2.05, 4.69) is 24.9 Å². The average molecular weight is 562 g/mol. The van der Waals surface area contributed by atoms with E-state index >= 15 is 0 Å². The van der Waals surface area contributed by atoms with E-state index in [1.54, 1.807) is 7.11 Å². The predicted molar refractivity (Wildman–Crippen MR) is 162 cm³/mol. The van der Waals surface area contributed by atoms with Gasteiger partial charge in [0.1, 0.15) is 5.82 Å². The number of anilines is 2. The Hall–Kier alpha value is -3.25. The van der Waals surface area contributed by atoms with Gasteiger partial charge in [-0.2, -0.15) is 0 Å². The molecule has 1 aliphatic heterocycles. The number of methoxy groups -OCH3 is 1. The van der Waals surface area contributed by atoms with Gasteiger partial charge in [-0.25, -0.2) is 4.98 Å². The maximum Gasteiger partial charge on any atom is 0.233 e. The van der Waals surface area contributed by atoms with Gasteiger partial charge in [0.05, 0.1) is 37.6 Å². The van der Waals surface area contributed by atoms with E-state index < -0.39 is 0 Å². The first-order valence-corrected chi connectivity index (χ1v) is 14.7. The molecule has 1 aliphatic carbocycles. The van der Waals surface area contributed by atoms with Crippen LogP contribution in [0.15, 0.2) is 54.7 Å². The monoisotopic (exact) mass is 561 g/mol. The number of carbonyl (C=O) groups is 1. The number of hydrogen-bond acceptors (Lipinski definition) is 5. The fourth-order valence-corrected chi connectivity index (χ4v) is 6.17. The lowest BCUT2D eigenvalue weighted by Gasteiger charge is -2.37. The molecule has 6 nitrogen and oxygen atoms in total. The molecule has 1 saturated carbocycles. The maximum absolute atomic E-state index is 13.8. The molecule has 1 unspecified atom stereocenters. The number of pyridine rings is 1. The van der Waals surface area contributed by atoms with Crippen LogP contribution in [0.25, 0.3) is 0 Å². The van der Waals surface area contributed by atoms with Gasteiger partial charge in [0.15, 0.2) is 11.5 Å². The lowest BCUT2D eigenvalue weighted by Crippen LogP contribution is -2.41. The van der Waals surface area contributed by atoms with Crippen molar-refractivity contribution in [2.75, 3.05) is 30.5 Å². The molecule has 212 valence electrons. The van der Waals surface area contributed by atoms with Crippen molar-refractivity contribution in [1.29, 1.82) is 0 Å². The smallest absolute Gasteiger partial charge is 0.233 e. The molecule has 0 bridgehead atoms. The second-order valence-corrected chi connectivity index (χ2v) is 12.1. The zero-order valence-electron chi connectivity index (χ0n) is 24.2. The molecule has 3 aromatic rings. The molecule has 1 fully saturated rings.